The molecule has 2 aromatic rings. The predicted octanol–water partition coefficient (Wildman–Crippen LogP) is 3.43. The van der Waals surface area contributed by atoms with E-state index in [1.807, 2.05) is 41.9 Å². The highest BCUT2D eigenvalue weighted by molar-refractivity contribution is 7.08. The van der Waals surface area contributed by atoms with E-state index in [-0.39, 0.29) is 5.91 Å². The normalized spacial score (nSPS) is 16.1. The Kier molecular flexibility index (Phi) is 2.64. The molecule has 18 heavy (non-hydrogen) atoms. The van der Waals surface area contributed by atoms with E-state index in [2.05, 4.69) is 5.32 Å². The number of anilines is 1. The van der Waals surface area contributed by atoms with Gasteiger partial charge in [0.15, 0.2) is 11.5 Å². The molecule has 1 amide bonds. The molecular formula is C14H11NO2S. The van der Waals surface area contributed by atoms with Crippen molar-refractivity contribution in [3.8, 4) is 5.75 Å². The van der Waals surface area contributed by atoms with Crippen molar-refractivity contribution < 1.29 is 9.53 Å². The molecule has 1 aliphatic heterocycles. The zero-order valence-corrected chi connectivity index (χ0v) is 10.6. The predicted molar refractivity (Wildman–Crippen MR) is 72.7 cm³/mol. The van der Waals surface area contributed by atoms with E-state index < -0.39 is 0 Å². The summed E-state index contributed by atoms with van der Waals surface area (Å²) in [6.07, 6.45) is 1.74. The molecule has 1 N–H and O–H groups in total. The van der Waals surface area contributed by atoms with Crippen LogP contribution in [0.2, 0.25) is 0 Å². The van der Waals surface area contributed by atoms with Gasteiger partial charge in [-0.25, -0.2) is 0 Å². The molecule has 3 nitrogen and oxygen atoms in total. The molecular weight excluding hydrogens is 246 g/mol. The molecule has 1 aliphatic rings. The molecule has 0 radical (unpaired) electrons. The van der Waals surface area contributed by atoms with Gasteiger partial charge in [0, 0.05) is 0 Å². The molecule has 0 spiro atoms. The lowest BCUT2D eigenvalue weighted by molar-refractivity contribution is -0.115. The second-order valence-electron chi connectivity index (χ2n) is 4.12. The number of carbonyl (C=O) groups is 1. The fourth-order valence-electron chi connectivity index (χ4n) is 1.78. The molecule has 0 saturated heterocycles. The summed E-state index contributed by atoms with van der Waals surface area (Å²) in [5.41, 5.74) is 2.78. The first-order chi connectivity index (χ1) is 8.72. The zero-order chi connectivity index (χ0) is 12.5. The highest BCUT2D eigenvalue weighted by atomic mass is 32.1. The Morgan fingerprint density at radius 2 is 2.22 bits per heavy atom. The molecule has 0 bridgehead atoms. The Bertz CT molecular complexity index is 629. The summed E-state index contributed by atoms with van der Waals surface area (Å²) in [6, 6.07) is 7.66. The Morgan fingerprint density at radius 3 is 3.00 bits per heavy atom. The molecule has 0 atom stereocenters. The van der Waals surface area contributed by atoms with E-state index in [9.17, 15) is 4.79 Å². The minimum atomic E-state index is -0.209. The highest BCUT2D eigenvalue weighted by Crippen LogP contribution is 2.32. The van der Waals surface area contributed by atoms with Crippen molar-refractivity contribution >= 4 is 29.0 Å². The van der Waals surface area contributed by atoms with Gasteiger partial charge >= 0.3 is 0 Å². The third-order valence-corrected chi connectivity index (χ3v) is 3.37. The van der Waals surface area contributed by atoms with Crippen LogP contribution in [0, 0.1) is 6.92 Å². The molecule has 3 rings (SSSR count). The molecule has 0 saturated carbocycles. The minimum absolute atomic E-state index is 0.209. The van der Waals surface area contributed by atoms with Crippen LogP contribution in [0.25, 0.3) is 6.08 Å². The summed E-state index contributed by atoms with van der Waals surface area (Å²) >= 11 is 1.59. The van der Waals surface area contributed by atoms with Gasteiger partial charge in [0.25, 0.3) is 5.91 Å². The number of thiophene rings is 1. The Hall–Kier alpha value is -2.07. The third kappa shape index (κ3) is 2.02. The van der Waals surface area contributed by atoms with Gasteiger partial charge in [0.1, 0.15) is 0 Å². The Balaban J connectivity index is 1.97. The van der Waals surface area contributed by atoms with Gasteiger partial charge < -0.3 is 10.1 Å². The van der Waals surface area contributed by atoms with Crippen molar-refractivity contribution in [2.75, 3.05) is 5.32 Å². The Morgan fingerprint density at radius 1 is 1.33 bits per heavy atom. The maximum Gasteiger partial charge on any atom is 0.291 e. The molecule has 0 aliphatic carbocycles. The number of ether oxygens (including phenoxy) is 1. The zero-order valence-electron chi connectivity index (χ0n) is 9.77. The highest BCUT2D eigenvalue weighted by Gasteiger charge is 2.21. The lowest BCUT2D eigenvalue weighted by Gasteiger charge is -2.20. The second-order valence-corrected chi connectivity index (χ2v) is 4.90. The molecule has 1 aromatic heterocycles. The fraction of sp³-hybridized carbons (Fsp3) is 0.0714. The van der Waals surface area contributed by atoms with Gasteiger partial charge in [-0.15, -0.1) is 0 Å². The van der Waals surface area contributed by atoms with E-state index in [1.165, 1.54) is 0 Å². The van der Waals surface area contributed by atoms with Gasteiger partial charge in [-0.1, -0.05) is 6.07 Å². The largest absolute Gasteiger partial charge is 0.449 e. The summed E-state index contributed by atoms with van der Waals surface area (Å²) in [6.45, 7) is 1.98. The van der Waals surface area contributed by atoms with Crippen molar-refractivity contribution in [2.45, 2.75) is 6.92 Å². The van der Waals surface area contributed by atoms with Crippen molar-refractivity contribution in [2.24, 2.45) is 0 Å². The van der Waals surface area contributed by atoms with Gasteiger partial charge in [-0.3, -0.25) is 4.79 Å². The first-order valence-corrected chi connectivity index (χ1v) is 6.50. The van der Waals surface area contributed by atoms with Crippen LogP contribution in [0.3, 0.4) is 0 Å². The van der Waals surface area contributed by atoms with Gasteiger partial charge in [-0.05, 0) is 53.1 Å². The third-order valence-electron chi connectivity index (χ3n) is 2.67. The summed E-state index contributed by atoms with van der Waals surface area (Å²) in [4.78, 5) is 11.9. The fourth-order valence-corrected chi connectivity index (χ4v) is 2.40. The maximum absolute atomic E-state index is 11.9. The summed E-state index contributed by atoms with van der Waals surface area (Å²) < 4.78 is 5.63. The molecule has 90 valence electrons. The average molecular weight is 257 g/mol. The second kappa shape index (κ2) is 4.31. The van der Waals surface area contributed by atoms with E-state index >= 15 is 0 Å². The van der Waals surface area contributed by atoms with Gasteiger partial charge in [-0.2, -0.15) is 11.3 Å². The average Bonchev–Trinajstić information content (AvgIpc) is 2.83. The van der Waals surface area contributed by atoms with Crippen molar-refractivity contribution in [1.82, 2.24) is 0 Å². The first kappa shape index (κ1) is 11.0. The van der Waals surface area contributed by atoms with Crippen LogP contribution in [0.5, 0.6) is 5.75 Å². The molecule has 1 aromatic carbocycles. The van der Waals surface area contributed by atoms with Crippen LogP contribution in [0.4, 0.5) is 5.69 Å². The van der Waals surface area contributed by atoms with E-state index in [1.54, 1.807) is 17.4 Å². The topological polar surface area (TPSA) is 38.3 Å². The maximum atomic E-state index is 11.9. The number of rotatable bonds is 1. The van der Waals surface area contributed by atoms with E-state index in [4.69, 9.17) is 4.74 Å². The van der Waals surface area contributed by atoms with Crippen LogP contribution in [0.15, 0.2) is 40.8 Å². The van der Waals surface area contributed by atoms with Crippen molar-refractivity contribution in [3.63, 3.8) is 0 Å². The van der Waals surface area contributed by atoms with Gasteiger partial charge in [0.05, 0.1) is 5.69 Å². The van der Waals surface area contributed by atoms with Crippen molar-refractivity contribution in [3.05, 3.63) is 51.9 Å². The van der Waals surface area contributed by atoms with Gasteiger partial charge in [0.2, 0.25) is 0 Å². The summed E-state index contributed by atoms with van der Waals surface area (Å²) in [7, 11) is 0. The lowest BCUT2D eigenvalue weighted by Crippen LogP contribution is -2.23. The quantitative estimate of drug-likeness (QED) is 0.795. The lowest BCUT2D eigenvalue weighted by atomic mass is 10.1. The number of fused-ring (bicyclic) bond motifs is 1. The van der Waals surface area contributed by atoms with Crippen LogP contribution in [0.1, 0.15) is 11.1 Å². The van der Waals surface area contributed by atoms with Crippen molar-refractivity contribution in [1.29, 1.82) is 0 Å². The summed E-state index contributed by atoms with van der Waals surface area (Å²) in [5, 5.41) is 6.76. The number of aryl methyl sites for hydroxylation is 1. The number of hydrogen-bond acceptors (Lipinski definition) is 3. The van der Waals surface area contributed by atoms with Crippen LogP contribution >= 0.6 is 11.3 Å². The molecule has 2 heterocycles. The smallest absolute Gasteiger partial charge is 0.291 e. The number of carbonyl (C=O) groups excluding carboxylic acids is 1. The standard InChI is InChI=1S/C14H11NO2S/c1-9-2-3-12-11(6-9)15-14(16)13(17-12)7-10-4-5-18-8-10/h2-8H,1H3,(H,15,16)/b13-7-. The summed E-state index contributed by atoms with van der Waals surface area (Å²) in [5.74, 6) is 0.797. The van der Waals surface area contributed by atoms with Crippen LogP contribution in [-0.2, 0) is 4.79 Å². The van der Waals surface area contributed by atoms with Crippen LogP contribution < -0.4 is 10.1 Å². The van der Waals surface area contributed by atoms with E-state index in [0.29, 0.717) is 11.5 Å². The first-order valence-electron chi connectivity index (χ1n) is 5.56. The SMILES string of the molecule is Cc1ccc2c(c1)NC(=O)/C(=C/c1ccsc1)O2. The van der Waals surface area contributed by atoms with E-state index in [0.717, 1.165) is 16.8 Å². The minimum Gasteiger partial charge on any atom is -0.449 e. The number of nitrogens with one attached hydrogen (secondary N) is 1. The number of hydrogen-bond donors (Lipinski definition) is 1. The molecule has 4 heteroatoms. The molecule has 0 fully saturated rings. The van der Waals surface area contributed by atoms with Crippen LogP contribution in [-0.4, -0.2) is 5.91 Å². The molecule has 0 unspecified atom stereocenters. The Labute approximate surface area is 109 Å². The number of benzene rings is 1. The monoisotopic (exact) mass is 257 g/mol. The number of amides is 1.